The van der Waals surface area contributed by atoms with Crippen LogP contribution in [0.4, 0.5) is 0 Å². The van der Waals surface area contributed by atoms with E-state index in [-0.39, 0.29) is 5.54 Å². The van der Waals surface area contributed by atoms with Crippen molar-refractivity contribution in [2.45, 2.75) is 26.3 Å². The summed E-state index contributed by atoms with van der Waals surface area (Å²) in [5, 5.41) is 0. The molecule has 20 heavy (non-hydrogen) atoms. The van der Waals surface area contributed by atoms with E-state index in [4.69, 9.17) is 5.73 Å². The van der Waals surface area contributed by atoms with E-state index in [0.29, 0.717) is 0 Å². The third-order valence-corrected chi connectivity index (χ3v) is 4.07. The summed E-state index contributed by atoms with van der Waals surface area (Å²) in [6.45, 7) is 13.5. The number of nitrogens with two attached hydrogens (primary N) is 1. The Balaban J connectivity index is 1.86. The van der Waals surface area contributed by atoms with Crippen LogP contribution in [-0.2, 0) is 5.54 Å². The van der Waals surface area contributed by atoms with Crippen molar-refractivity contribution in [2.75, 3.05) is 39.3 Å². The van der Waals surface area contributed by atoms with Crippen molar-refractivity contribution >= 4 is 0 Å². The number of rotatable bonds is 5. The standard InChI is InChI=1S/C17H29N3/c1-15(2)13-19-9-11-20(12-10-19)14-17(3,18)16-7-5-4-6-8-16/h4-8,15H,9-14,18H2,1-3H3. The predicted molar refractivity (Wildman–Crippen MR) is 85.7 cm³/mol. The highest BCUT2D eigenvalue weighted by Crippen LogP contribution is 2.19. The second kappa shape index (κ2) is 6.70. The third-order valence-electron chi connectivity index (χ3n) is 4.07. The van der Waals surface area contributed by atoms with Crippen molar-refractivity contribution in [3.63, 3.8) is 0 Å². The van der Waals surface area contributed by atoms with Crippen LogP contribution in [-0.4, -0.2) is 49.1 Å². The summed E-state index contributed by atoms with van der Waals surface area (Å²) in [6, 6.07) is 10.5. The number of hydrogen-bond acceptors (Lipinski definition) is 3. The molecule has 1 aliphatic heterocycles. The smallest absolute Gasteiger partial charge is 0.0509 e. The first-order valence-electron chi connectivity index (χ1n) is 7.76. The van der Waals surface area contributed by atoms with Gasteiger partial charge in [0.25, 0.3) is 0 Å². The molecule has 112 valence electrons. The first-order chi connectivity index (χ1) is 9.47. The van der Waals surface area contributed by atoms with Gasteiger partial charge in [-0.05, 0) is 18.4 Å². The van der Waals surface area contributed by atoms with Gasteiger partial charge < -0.3 is 10.6 Å². The summed E-state index contributed by atoms with van der Waals surface area (Å²) < 4.78 is 0. The van der Waals surface area contributed by atoms with Gasteiger partial charge in [-0.15, -0.1) is 0 Å². The Morgan fingerprint density at radius 3 is 2.15 bits per heavy atom. The molecule has 1 heterocycles. The van der Waals surface area contributed by atoms with Gasteiger partial charge in [0.05, 0.1) is 5.54 Å². The molecule has 1 aromatic carbocycles. The van der Waals surface area contributed by atoms with Gasteiger partial charge in [0.15, 0.2) is 0 Å². The van der Waals surface area contributed by atoms with Gasteiger partial charge in [0, 0.05) is 39.3 Å². The highest BCUT2D eigenvalue weighted by atomic mass is 15.3. The second-order valence-electron chi connectivity index (χ2n) is 6.75. The molecule has 1 aromatic rings. The van der Waals surface area contributed by atoms with Crippen LogP contribution in [0.1, 0.15) is 26.3 Å². The average Bonchev–Trinajstić information content (AvgIpc) is 2.41. The van der Waals surface area contributed by atoms with E-state index >= 15 is 0 Å². The van der Waals surface area contributed by atoms with Gasteiger partial charge in [-0.3, -0.25) is 4.90 Å². The fourth-order valence-electron chi connectivity index (χ4n) is 3.02. The van der Waals surface area contributed by atoms with Crippen LogP contribution in [0.3, 0.4) is 0 Å². The topological polar surface area (TPSA) is 32.5 Å². The van der Waals surface area contributed by atoms with E-state index in [0.717, 1.165) is 25.6 Å². The number of benzene rings is 1. The van der Waals surface area contributed by atoms with Gasteiger partial charge >= 0.3 is 0 Å². The Hall–Kier alpha value is -0.900. The van der Waals surface area contributed by atoms with Crippen LogP contribution in [0.2, 0.25) is 0 Å². The Bertz CT molecular complexity index is 392. The molecule has 0 bridgehead atoms. The van der Waals surface area contributed by atoms with Gasteiger partial charge in [0.1, 0.15) is 0 Å². The van der Waals surface area contributed by atoms with E-state index in [1.54, 1.807) is 0 Å². The molecule has 0 spiro atoms. The highest BCUT2D eigenvalue weighted by molar-refractivity contribution is 5.23. The molecule has 1 fully saturated rings. The molecule has 1 unspecified atom stereocenters. The highest BCUT2D eigenvalue weighted by Gasteiger charge is 2.26. The molecule has 0 amide bonds. The van der Waals surface area contributed by atoms with Gasteiger partial charge in [-0.25, -0.2) is 0 Å². The van der Waals surface area contributed by atoms with Crippen LogP contribution >= 0.6 is 0 Å². The molecular weight excluding hydrogens is 246 g/mol. The Kier molecular flexibility index (Phi) is 5.19. The average molecular weight is 275 g/mol. The monoisotopic (exact) mass is 275 g/mol. The van der Waals surface area contributed by atoms with Crippen LogP contribution in [0.15, 0.2) is 30.3 Å². The zero-order valence-electron chi connectivity index (χ0n) is 13.2. The molecule has 0 radical (unpaired) electrons. The lowest BCUT2D eigenvalue weighted by molar-refractivity contribution is 0.105. The SMILES string of the molecule is CC(C)CN1CCN(CC(C)(N)c2ccccc2)CC1. The van der Waals surface area contributed by atoms with Crippen molar-refractivity contribution in [1.29, 1.82) is 0 Å². The molecule has 3 heteroatoms. The summed E-state index contributed by atoms with van der Waals surface area (Å²) in [7, 11) is 0. The Morgan fingerprint density at radius 1 is 1.05 bits per heavy atom. The third kappa shape index (κ3) is 4.30. The molecule has 2 N–H and O–H groups in total. The van der Waals surface area contributed by atoms with Crippen molar-refractivity contribution < 1.29 is 0 Å². The summed E-state index contributed by atoms with van der Waals surface area (Å²) in [5.41, 5.74) is 7.49. The van der Waals surface area contributed by atoms with E-state index in [1.807, 2.05) is 6.07 Å². The molecule has 0 aliphatic carbocycles. The first-order valence-corrected chi connectivity index (χ1v) is 7.76. The lowest BCUT2D eigenvalue weighted by Gasteiger charge is -2.39. The van der Waals surface area contributed by atoms with Crippen LogP contribution < -0.4 is 5.73 Å². The molecule has 3 nitrogen and oxygen atoms in total. The van der Waals surface area contributed by atoms with Gasteiger partial charge in [-0.2, -0.15) is 0 Å². The minimum Gasteiger partial charge on any atom is -0.321 e. The molecular formula is C17H29N3. The van der Waals surface area contributed by atoms with E-state index in [1.165, 1.54) is 25.2 Å². The normalized spacial score (nSPS) is 21.1. The maximum atomic E-state index is 6.53. The largest absolute Gasteiger partial charge is 0.321 e. The molecule has 2 rings (SSSR count). The van der Waals surface area contributed by atoms with Crippen molar-refractivity contribution in [3.8, 4) is 0 Å². The van der Waals surface area contributed by atoms with Crippen molar-refractivity contribution in [2.24, 2.45) is 11.7 Å². The van der Waals surface area contributed by atoms with E-state index in [2.05, 4.69) is 54.8 Å². The Morgan fingerprint density at radius 2 is 1.60 bits per heavy atom. The molecule has 1 saturated heterocycles. The maximum Gasteiger partial charge on any atom is 0.0509 e. The Labute approximate surface area is 123 Å². The quantitative estimate of drug-likeness (QED) is 0.893. The fraction of sp³-hybridized carbons (Fsp3) is 0.647. The van der Waals surface area contributed by atoms with E-state index in [9.17, 15) is 0 Å². The van der Waals surface area contributed by atoms with Crippen LogP contribution in [0.5, 0.6) is 0 Å². The summed E-state index contributed by atoms with van der Waals surface area (Å²) in [5.74, 6) is 0.755. The van der Waals surface area contributed by atoms with E-state index < -0.39 is 0 Å². The predicted octanol–water partition coefficient (Wildman–Crippen LogP) is 2.13. The van der Waals surface area contributed by atoms with Crippen molar-refractivity contribution in [3.05, 3.63) is 35.9 Å². The molecule has 1 atom stereocenters. The lowest BCUT2D eigenvalue weighted by Crippen LogP contribution is -2.53. The maximum absolute atomic E-state index is 6.53. The number of hydrogen-bond donors (Lipinski definition) is 1. The molecule has 0 saturated carbocycles. The summed E-state index contributed by atoms with van der Waals surface area (Å²) in [4.78, 5) is 5.07. The summed E-state index contributed by atoms with van der Waals surface area (Å²) >= 11 is 0. The number of nitrogens with zero attached hydrogens (tertiary/aromatic N) is 2. The molecule has 1 aliphatic rings. The minimum atomic E-state index is -0.262. The van der Waals surface area contributed by atoms with Gasteiger partial charge in [0.2, 0.25) is 0 Å². The zero-order valence-corrected chi connectivity index (χ0v) is 13.2. The number of piperazine rings is 1. The first kappa shape index (κ1) is 15.5. The van der Waals surface area contributed by atoms with Crippen LogP contribution in [0.25, 0.3) is 0 Å². The second-order valence-corrected chi connectivity index (χ2v) is 6.75. The lowest BCUT2D eigenvalue weighted by atomic mass is 9.92. The van der Waals surface area contributed by atoms with Gasteiger partial charge in [-0.1, -0.05) is 44.2 Å². The minimum absolute atomic E-state index is 0.262. The fourth-order valence-corrected chi connectivity index (χ4v) is 3.02. The summed E-state index contributed by atoms with van der Waals surface area (Å²) in [6.07, 6.45) is 0. The van der Waals surface area contributed by atoms with Crippen LogP contribution in [0, 0.1) is 5.92 Å². The van der Waals surface area contributed by atoms with Crippen molar-refractivity contribution in [1.82, 2.24) is 9.80 Å². The molecule has 0 aromatic heterocycles. The zero-order chi connectivity index (χ0) is 14.6.